The van der Waals surface area contributed by atoms with Gasteiger partial charge >= 0.3 is 6.18 Å². The number of benzene rings is 1. The molecule has 0 saturated heterocycles. The molecule has 1 heterocycles. The van der Waals surface area contributed by atoms with Crippen LogP contribution in [-0.4, -0.2) is 31.8 Å². The van der Waals surface area contributed by atoms with E-state index in [9.17, 15) is 21.6 Å². The van der Waals surface area contributed by atoms with Gasteiger partial charge < -0.3 is 0 Å². The van der Waals surface area contributed by atoms with E-state index in [1.165, 1.54) is 32.3 Å². The van der Waals surface area contributed by atoms with Crippen molar-refractivity contribution in [3.8, 4) is 11.3 Å². The number of sulfonamides is 1. The number of hydrogen-bond acceptors (Lipinski definition) is 3. The monoisotopic (exact) mass is 398 g/mol. The normalized spacial score (nSPS) is 12.7. The van der Waals surface area contributed by atoms with Gasteiger partial charge in [-0.3, -0.25) is 4.98 Å². The van der Waals surface area contributed by atoms with Gasteiger partial charge in [0.05, 0.1) is 21.3 Å². The Bertz CT molecular complexity index is 884. The van der Waals surface area contributed by atoms with Crippen LogP contribution in [0.2, 0.25) is 10.0 Å². The fraction of sp³-hybridized carbons (Fsp3) is 0.214. The van der Waals surface area contributed by atoms with Crippen LogP contribution in [0.25, 0.3) is 11.3 Å². The Morgan fingerprint density at radius 1 is 1.08 bits per heavy atom. The Morgan fingerprint density at radius 3 is 2.21 bits per heavy atom. The quantitative estimate of drug-likeness (QED) is 0.773. The highest BCUT2D eigenvalue weighted by Gasteiger charge is 2.32. The minimum atomic E-state index is -4.57. The number of alkyl halides is 3. The average molecular weight is 399 g/mol. The maximum absolute atomic E-state index is 12.7. The number of pyridine rings is 1. The third kappa shape index (κ3) is 3.66. The smallest absolute Gasteiger partial charge is 0.254 e. The van der Waals surface area contributed by atoms with E-state index in [-0.39, 0.29) is 26.2 Å². The van der Waals surface area contributed by atoms with Crippen molar-refractivity contribution in [2.45, 2.75) is 11.1 Å². The Hall–Kier alpha value is -1.35. The van der Waals surface area contributed by atoms with Crippen LogP contribution in [-0.2, 0) is 16.2 Å². The van der Waals surface area contributed by atoms with E-state index in [0.717, 1.165) is 10.4 Å². The summed E-state index contributed by atoms with van der Waals surface area (Å²) in [6.45, 7) is 0. The van der Waals surface area contributed by atoms with Gasteiger partial charge in [0.15, 0.2) is 0 Å². The summed E-state index contributed by atoms with van der Waals surface area (Å²) in [5.74, 6) is 0. The second kappa shape index (κ2) is 6.51. The molecule has 0 fully saturated rings. The van der Waals surface area contributed by atoms with Gasteiger partial charge in [-0.15, -0.1) is 0 Å². The molecule has 4 nitrogen and oxygen atoms in total. The largest absolute Gasteiger partial charge is 0.417 e. The van der Waals surface area contributed by atoms with Crippen molar-refractivity contribution in [3.63, 3.8) is 0 Å². The molecule has 1 aromatic heterocycles. The highest BCUT2D eigenvalue weighted by atomic mass is 35.5. The summed E-state index contributed by atoms with van der Waals surface area (Å²) >= 11 is 11.8. The first-order valence-electron chi connectivity index (χ1n) is 6.40. The molecular weight excluding hydrogens is 388 g/mol. The molecule has 0 aliphatic carbocycles. The molecule has 2 rings (SSSR count). The lowest BCUT2D eigenvalue weighted by atomic mass is 10.1. The van der Waals surface area contributed by atoms with Crippen LogP contribution in [0.1, 0.15) is 5.56 Å². The van der Waals surface area contributed by atoms with Gasteiger partial charge in [-0.25, -0.2) is 12.7 Å². The van der Waals surface area contributed by atoms with Crippen molar-refractivity contribution >= 4 is 33.2 Å². The van der Waals surface area contributed by atoms with Gasteiger partial charge in [-0.05, 0) is 18.2 Å². The molecular formula is C14H11Cl2F3N2O2S. The molecule has 10 heteroatoms. The lowest BCUT2D eigenvalue weighted by Gasteiger charge is -2.14. The van der Waals surface area contributed by atoms with Crippen molar-refractivity contribution in [1.82, 2.24) is 9.29 Å². The van der Waals surface area contributed by atoms with Crippen molar-refractivity contribution in [3.05, 3.63) is 46.1 Å². The standard InChI is InChI=1S/C14H11Cl2F3N2O2S/c1-21(2)24(22,23)12-5-8(3-4-10(12)15)13-11(16)6-9(7-20-13)14(17,18)19/h3-7H,1-2H3. The summed E-state index contributed by atoms with van der Waals surface area (Å²) in [7, 11) is -1.16. The summed E-state index contributed by atoms with van der Waals surface area (Å²) < 4.78 is 63.5. The summed E-state index contributed by atoms with van der Waals surface area (Å²) in [6, 6.07) is 4.71. The lowest BCUT2D eigenvalue weighted by molar-refractivity contribution is -0.137. The zero-order valence-electron chi connectivity index (χ0n) is 12.4. The third-order valence-electron chi connectivity index (χ3n) is 3.13. The van der Waals surface area contributed by atoms with Crippen LogP contribution in [0, 0.1) is 0 Å². The zero-order valence-corrected chi connectivity index (χ0v) is 14.7. The number of aromatic nitrogens is 1. The van der Waals surface area contributed by atoms with Crippen LogP contribution in [0.15, 0.2) is 35.4 Å². The minimum Gasteiger partial charge on any atom is -0.254 e. The molecule has 0 bridgehead atoms. The third-order valence-corrected chi connectivity index (χ3v) is 5.72. The zero-order chi connectivity index (χ0) is 18.3. The first-order chi connectivity index (χ1) is 10.9. The summed E-state index contributed by atoms with van der Waals surface area (Å²) in [5.41, 5.74) is -0.735. The first-order valence-corrected chi connectivity index (χ1v) is 8.59. The Kier molecular flexibility index (Phi) is 5.15. The molecule has 0 saturated carbocycles. The maximum Gasteiger partial charge on any atom is 0.417 e. The first kappa shape index (κ1) is 19.0. The number of halogens is 5. The highest BCUT2D eigenvalue weighted by Crippen LogP contribution is 2.35. The van der Waals surface area contributed by atoms with Crippen LogP contribution < -0.4 is 0 Å². The van der Waals surface area contributed by atoms with Gasteiger partial charge in [0, 0.05) is 25.9 Å². The minimum absolute atomic E-state index is 0.0181. The SMILES string of the molecule is CN(C)S(=O)(=O)c1cc(-c2ncc(C(F)(F)F)cc2Cl)ccc1Cl. The number of rotatable bonds is 3. The molecule has 0 aliphatic rings. The van der Waals surface area contributed by atoms with E-state index in [0.29, 0.717) is 6.20 Å². The van der Waals surface area contributed by atoms with Gasteiger partial charge in [0.25, 0.3) is 0 Å². The fourth-order valence-corrected chi connectivity index (χ4v) is 3.52. The van der Waals surface area contributed by atoms with E-state index < -0.39 is 21.8 Å². The van der Waals surface area contributed by atoms with Crippen molar-refractivity contribution in [1.29, 1.82) is 0 Å². The van der Waals surface area contributed by atoms with Crippen LogP contribution in [0.5, 0.6) is 0 Å². The molecule has 0 N–H and O–H groups in total. The van der Waals surface area contributed by atoms with Crippen LogP contribution in [0.3, 0.4) is 0 Å². The predicted octanol–water partition coefficient (Wildman–Crippen LogP) is 4.32. The second-order valence-electron chi connectivity index (χ2n) is 4.98. The fourth-order valence-electron chi connectivity index (χ4n) is 1.85. The molecule has 0 amide bonds. The van der Waals surface area contributed by atoms with E-state index in [4.69, 9.17) is 23.2 Å². The van der Waals surface area contributed by atoms with Gasteiger partial charge in [0.2, 0.25) is 10.0 Å². The summed E-state index contributed by atoms with van der Waals surface area (Å²) in [5, 5.41) is -0.268. The molecule has 1 aromatic carbocycles. The topological polar surface area (TPSA) is 50.3 Å². The predicted molar refractivity (Wildman–Crippen MR) is 85.6 cm³/mol. The van der Waals surface area contributed by atoms with Crippen LogP contribution in [0.4, 0.5) is 13.2 Å². The average Bonchev–Trinajstić information content (AvgIpc) is 2.46. The van der Waals surface area contributed by atoms with Crippen LogP contribution >= 0.6 is 23.2 Å². The van der Waals surface area contributed by atoms with E-state index in [1.807, 2.05) is 0 Å². The van der Waals surface area contributed by atoms with E-state index in [1.54, 1.807) is 0 Å². The molecule has 130 valence electrons. The van der Waals surface area contributed by atoms with Gasteiger partial charge in [-0.2, -0.15) is 13.2 Å². The summed E-state index contributed by atoms with van der Waals surface area (Å²) in [4.78, 5) is 3.52. The van der Waals surface area contributed by atoms with E-state index >= 15 is 0 Å². The van der Waals surface area contributed by atoms with Crippen molar-refractivity contribution < 1.29 is 21.6 Å². The van der Waals surface area contributed by atoms with Gasteiger partial charge in [0.1, 0.15) is 4.90 Å². The molecule has 0 unspecified atom stereocenters. The van der Waals surface area contributed by atoms with Crippen molar-refractivity contribution in [2.24, 2.45) is 0 Å². The molecule has 0 spiro atoms. The Morgan fingerprint density at radius 2 is 1.71 bits per heavy atom. The molecule has 0 radical (unpaired) electrons. The highest BCUT2D eigenvalue weighted by molar-refractivity contribution is 7.89. The molecule has 0 atom stereocenters. The number of hydrogen-bond donors (Lipinski definition) is 0. The lowest BCUT2D eigenvalue weighted by Crippen LogP contribution is -2.22. The Labute approximate surface area is 146 Å². The molecule has 0 aliphatic heterocycles. The van der Waals surface area contributed by atoms with Gasteiger partial charge in [-0.1, -0.05) is 29.3 Å². The number of nitrogens with zero attached hydrogens (tertiary/aromatic N) is 2. The maximum atomic E-state index is 12.7. The molecule has 24 heavy (non-hydrogen) atoms. The second-order valence-corrected chi connectivity index (χ2v) is 7.92. The summed E-state index contributed by atoms with van der Waals surface area (Å²) in [6.07, 6.45) is -3.94. The van der Waals surface area contributed by atoms with Crippen molar-refractivity contribution in [2.75, 3.05) is 14.1 Å². The molecule has 2 aromatic rings. The Balaban J connectivity index is 2.60. The van der Waals surface area contributed by atoms with E-state index in [2.05, 4.69) is 4.98 Å².